The summed E-state index contributed by atoms with van der Waals surface area (Å²) >= 11 is 0. The van der Waals surface area contributed by atoms with Crippen molar-refractivity contribution in [3.8, 4) is 0 Å². The molecule has 1 unspecified atom stereocenters. The highest BCUT2D eigenvalue weighted by Crippen LogP contribution is 2.24. The lowest BCUT2D eigenvalue weighted by atomic mass is 10.00. The standard InChI is InChI=1S/C13H23N7/c1-5-9(14)13-10(6-2)16-20(11(13)7-3)8-12-15-18-19(4)17-12/h9H,5-8,14H2,1-4H3. The summed E-state index contributed by atoms with van der Waals surface area (Å²) in [7, 11) is 1.76. The molecule has 2 aromatic heterocycles. The second kappa shape index (κ2) is 6.13. The van der Waals surface area contributed by atoms with E-state index in [0.717, 1.165) is 25.0 Å². The largest absolute Gasteiger partial charge is 0.324 e. The predicted octanol–water partition coefficient (Wildman–Crippen LogP) is 0.989. The van der Waals surface area contributed by atoms with Gasteiger partial charge in [0, 0.05) is 17.3 Å². The van der Waals surface area contributed by atoms with E-state index in [9.17, 15) is 0 Å². The molecule has 7 nitrogen and oxygen atoms in total. The minimum Gasteiger partial charge on any atom is -0.324 e. The molecule has 0 aliphatic carbocycles. The van der Waals surface area contributed by atoms with Crippen molar-refractivity contribution in [2.75, 3.05) is 0 Å². The third kappa shape index (κ3) is 2.72. The molecule has 2 N–H and O–H groups in total. The summed E-state index contributed by atoms with van der Waals surface area (Å²) in [6, 6.07) is 0.0449. The molecule has 0 fully saturated rings. The van der Waals surface area contributed by atoms with E-state index < -0.39 is 0 Å². The number of nitrogens with zero attached hydrogens (tertiary/aromatic N) is 6. The first-order chi connectivity index (χ1) is 9.60. The Hall–Kier alpha value is -1.76. The van der Waals surface area contributed by atoms with Crippen molar-refractivity contribution in [2.24, 2.45) is 12.8 Å². The van der Waals surface area contributed by atoms with Crippen LogP contribution in [0.15, 0.2) is 0 Å². The molecule has 0 bridgehead atoms. The van der Waals surface area contributed by atoms with Gasteiger partial charge in [-0.3, -0.25) is 4.68 Å². The summed E-state index contributed by atoms with van der Waals surface area (Å²) in [4.78, 5) is 1.46. The highest BCUT2D eigenvalue weighted by Gasteiger charge is 2.20. The molecule has 0 saturated carbocycles. The van der Waals surface area contributed by atoms with Crippen molar-refractivity contribution in [3.05, 3.63) is 22.8 Å². The van der Waals surface area contributed by atoms with Gasteiger partial charge in [-0.25, -0.2) is 0 Å². The van der Waals surface area contributed by atoms with Gasteiger partial charge in [0.05, 0.1) is 12.7 Å². The van der Waals surface area contributed by atoms with E-state index in [4.69, 9.17) is 10.8 Å². The maximum absolute atomic E-state index is 6.26. The van der Waals surface area contributed by atoms with Crippen LogP contribution in [0.5, 0.6) is 0 Å². The zero-order valence-corrected chi connectivity index (χ0v) is 12.7. The average Bonchev–Trinajstić information content (AvgIpc) is 3.01. The van der Waals surface area contributed by atoms with Crippen LogP contribution < -0.4 is 5.73 Å². The summed E-state index contributed by atoms with van der Waals surface area (Å²) in [6.07, 6.45) is 2.70. The van der Waals surface area contributed by atoms with Crippen LogP contribution >= 0.6 is 0 Å². The van der Waals surface area contributed by atoms with Crippen molar-refractivity contribution in [3.63, 3.8) is 0 Å². The molecule has 0 aliphatic heterocycles. The highest BCUT2D eigenvalue weighted by atomic mass is 15.6. The normalized spacial score (nSPS) is 12.8. The molecular formula is C13H23N7. The fourth-order valence-electron chi connectivity index (χ4n) is 2.48. The topological polar surface area (TPSA) is 87.4 Å². The molecule has 0 amide bonds. The summed E-state index contributed by atoms with van der Waals surface area (Å²) < 4.78 is 1.97. The number of aryl methyl sites for hydroxylation is 2. The van der Waals surface area contributed by atoms with Crippen LogP contribution in [0, 0.1) is 0 Å². The van der Waals surface area contributed by atoms with Gasteiger partial charge in [-0.15, -0.1) is 10.2 Å². The summed E-state index contributed by atoms with van der Waals surface area (Å²) in [5.41, 5.74) is 9.72. The Morgan fingerprint density at radius 3 is 2.40 bits per heavy atom. The first-order valence-electron chi connectivity index (χ1n) is 7.17. The SMILES string of the molecule is CCc1nn(Cc2nnn(C)n2)c(CC)c1C(N)CC. The van der Waals surface area contributed by atoms with Crippen molar-refractivity contribution in [2.45, 2.75) is 52.6 Å². The summed E-state index contributed by atoms with van der Waals surface area (Å²) in [5, 5.41) is 16.8. The van der Waals surface area contributed by atoms with Crippen molar-refractivity contribution in [1.29, 1.82) is 0 Å². The maximum Gasteiger partial charge on any atom is 0.196 e. The Morgan fingerprint density at radius 2 is 1.90 bits per heavy atom. The first kappa shape index (κ1) is 14.6. The average molecular weight is 277 g/mol. The second-order valence-corrected chi connectivity index (χ2v) is 4.88. The lowest BCUT2D eigenvalue weighted by Crippen LogP contribution is -2.14. The molecule has 7 heteroatoms. The van der Waals surface area contributed by atoms with Crippen LogP contribution in [0.3, 0.4) is 0 Å². The first-order valence-corrected chi connectivity index (χ1v) is 7.17. The molecule has 110 valence electrons. The molecule has 0 saturated heterocycles. The number of aromatic nitrogens is 6. The molecule has 2 heterocycles. The monoisotopic (exact) mass is 277 g/mol. The van der Waals surface area contributed by atoms with Gasteiger partial charge < -0.3 is 5.73 Å². The molecule has 1 atom stereocenters. The maximum atomic E-state index is 6.26. The Morgan fingerprint density at radius 1 is 1.15 bits per heavy atom. The highest BCUT2D eigenvalue weighted by molar-refractivity contribution is 5.30. The smallest absolute Gasteiger partial charge is 0.196 e. The van der Waals surface area contributed by atoms with E-state index in [-0.39, 0.29) is 6.04 Å². The van der Waals surface area contributed by atoms with E-state index >= 15 is 0 Å². The van der Waals surface area contributed by atoms with Crippen LogP contribution in [-0.2, 0) is 26.4 Å². The fourth-order valence-corrected chi connectivity index (χ4v) is 2.48. The van der Waals surface area contributed by atoms with Crippen LogP contribution in [0.2, 0.25) is 0 Å². The van der Waals surface area contributed by atoms with Gasteiger partial charge in [-0.2, -0.15) is 9.90 Å². The number of rotatable bonds is 6. The molecule has 0 aromatic carbocycles. The minimum atomic E-state index is 0.0449. The van der Waals surface area contributed by atoms with Gasteiger partial charge in [-0.1, -0.05) is 20.8 Å². The van der Waals surface area contributed by atoms with E-state index in [0.29, 0.717) is 12.4 Å². The lowest BCUT2D eigenvalue weighted by molar-refractivity contribution is 0.599. The second-order valence-electron chi connectivity index (χ2n) is 4.88. The Bertz CT molecular complexity index is 569. The molecule has 0 spiro atoms. The van der Waals surface area contributed by atoms with Crippen LogP contribution in [-0.4, -0.2) is 30.0 Å². The summed E-state index contributed by atoms with van der Waals surface area (Å²) in [5.74, 6) is 0.670. The Kier molecular flexibility index (Phi) is 4.49. The molecule has 2 rings (SSSR count). The lowest BCUT2D eigenvalue weighted by Gasteiger charge is -2.12. The van der Waals surface area contributed by atoms with Gasteiger partial charge in [0.25, 0.3) is 0 Å². The molecule has 20 heavy (non-hydrogen) atoms. The van der Waals surface area contributed by atoms with Crippen molar-refractivity contribution in [1.82, 2.24) is 30.0 Å². The zero-order valence-electron chi connectivity index (χ0n) is 12.7. The summed E-state index contributed by atoms with van der Waals surface area (Å²) in [6.45, 7) is 6.88. The zero-order chi connectivity index (χ0) is 14.7. The Labute approximate surface area is 119 Å². The Balaban J connectivity index is 2.40. The number of hydrogen-bond donors (Lipinski definition) is 1. The minimum absolute atomic E-state index is 0.0449. The van der Waals surface area contributed by atoms with Gasteiger partial charge in [0.1, 0.15) is 6.54 Å². The fraction of sp³-hybridized carbons (Fsp3) is 0.692. The molecule has 2 aromatic rings. The van der Waals surface area contributed by atoms with E-state index in [1.807, 2.05) is 4.68 Å². The molecular weight excluding hydrogens is 254 g/mol. The van der Waals surface area contributed by atoms with E-state index in [1.54, 1.807) is 7.05 Å². The van der Waals surface area contributed by atoms with Crippen LogP contribution in [0.4, 0.5) is 0 Å². The van der Waals surface area contributed by atoms with E-state index in [1.165, 1.54) is 16.1 Å². The number of nitrogens with two attached hydrogens (primary N) is 1. The third-order valence-electron chi connectivity index (χ3n) is 3.50. The number of hydrogen-bond acceptors (Lipinski definition) is 5. The van der Waals surface area contributed by atoms with Crippen molar-refractivity contribution < 1.29 is 0 Å². The van der Waals surface area contributed by atoms with Gasteiger partial charge in [-0.05, 0) is 24.5 Å². The van der Waals surface area contributed by atoms with Gasteiger partial charge >= 0.3 is 0 Å². The number of tetrazole rings is 1. The van der Waals surface area contributed by atoms with Crippen LogP contribution in [0.25, 0.3) is 0 Å². The third-order valence-corrected chi connectivity index (χ3v) is 3.50. The molecule has 0 radical (unpaired) electrons. The molecule has 0 aliphatic rings. The quantitative estimate of drug-likeness (QED) is 0.850. The van der Waals surface area contributed by atoms with Crippen molar-refractivity contribution >= 4 is 0 Å². The van der Waals surface area contributed by atoms with E-state index in [2.05, 4.69) is 36.2 Å². The predicted molar refractivity (Wildman–Crippen MR) is 76.1 cm³/mol. The van der Waals surface area contributed by atoms with Crippen LogP contribution in [0.1, 0.15) is 56.0 Å². The van der Waals surface area contributed by atoms with Gasteiger partial charge in [0.15, 0.2) is 5.82 Å². The van der Waals surface area contributed by atoms with Gasteiger partial charge in [0.2, 0.25) is 0 Å².